The van der Waals surface area contributed by atoms with Crippen LogP contribution in [0.1, 0.15) is 31.2 Å². The van der Waals surface area contributed by atoms with Crippen molar-refractivity contribution in [2.24, 2.45) is 5.73 Å². The molecule has 0 spiro atoms. The van der Waals surface area contributed by atoms with Crippen LogP contribution in [-0.2, 0) is 0 Å². The third-order valence-electron chi connectivity index (χ3n) is 4.16. The van der Waals surface area contributed by atoms with E-state index in [1.165, 1.54) is 18.4 Å². The highest BCUT2D eigenvalue weighted by molar-refractivity contribution is 5.31. The van der Waals surface area contributed by atoms with Gasteiger partial charge in [0.2, 0.25) is 0 Å². The molecule has 0 bridgehead atoms. The first-order valence-corrected chi connectivity index (χ1v) is 7.31. The molecule has 0 aliphatic heterocycles. The first-order chi connectivity index (χ1) is 9.16. The van der Waals surface area contributed by atoms with Crippen molar-refractivity contribution in [1.29, 1.82) is 0 Å². The summed E-state index contributed by atoms with van der Waals surface area (Å²) in [4.78, 5) is 2.42. The molecule has 1 fully saturated rings. The number of hydrogen-bond donors (Lipinski definition) is 1. The molecule has 3 heteroatoms. The highest BCUT2D eigenvalue weighted by atomic mass is 16.5. The maximum Gasteiger partial charge on any atom is 0.122 e. The van der Waals surface area contributed by atoms with Crippen LogP contribution in [0.15, 0.2) is 24.3 Å². The Balaban J connectivity index is 1.72. The Morgan fingerprint density at radius 2 is 1.89 bits per heavy atom. The van der Waals surface area contributed by atoms with E-state index in [1.54, 1.807) is 0 Å². The molecule has 1 saturated carbocycles. The smallest absolute Gasteiger partial charge is 0.122 e. The van der Waals surface area contributed by atoms with Gasteiger partial charge in [-0.3, -0.25) is 0 Å². The largest absolute Gasteiger partial charge is 0.492 e. The zero-order chi connectivity index (χ0) is 13.7. The molecule has 19 heavy (non-hydrogen) atoms. The normalized spacial score (nSPS) is 23.6. The molecule has 1 aliphatic rings. The van der Waals surface area contributed by atoms with Crippen LogP contribution >= 0.6 is 0 Å². The van der Waals surface area contributed by atoms with Gasteiger partial charge in [0, 0.05) is 18.6 Å². The minimum atomic E-state index is 0.424. The number of nitrogens with two attached hydrogens (primary N) is 1. The van der Waals surface area contributed by atoms with Crippen molar-refractivity contribution >= 4 is 0 Å². The van der Waals surface area contributed by atoms with Gasteiger partial charge in [-0.25, -0.2) is 0 Å². The lowest BCUT2D eigenvalue weighted by Gasteiger charge is -2.33. The van der Waals surface area contributed by atoms with Gasteiger partial charge in [-0.1, -0.05) is 18.2 Å². The molecule has 0 amide bonds. The van der Waals surface area contributed by atoms with E-state index in [2.05, 4.69) is 24.9 Å². The second-order valence-corrected chi connectivity index (χ2v) is 5.66. The molecule has 2 N–H and O–H groups in total. The molecule has 0 atom stereocenters. The molecule has 1 aromatic carbocycles. The SMILES string of the molecule is Cc1ccccc1OCCN(C)C1CCC(N)CC1. The highest BCUT2D eigenvalue weighted by Crippen LogP contribution is 2.21. The summed E-state index contributed by atoms with van der Waals surface area (Å²) >= 11 is 0. The molecule has 0 unspecified atom stereocenters. The molecule has 1 aromatic rings. The molecule has 0 heterocycles. The van der Waals surface area contributed by atoms with Crippen molar-refractivity contribution in [3.63, 3.8) is 0 Å². The number of aryl methyl sites for hydroxylation is 1. The molecule has 0 saturated heterocycles. The average Bonchev–Trinajstić information content (AvgIpc) is 2.41. The monoisotopic (exact) mass is 262 g/mol. The van der Waals surface area contributed by atoms with Crippen molar-refractivity contribution < 1.29 is 4.74 Å². The number of ether oxygens (including phenoxy) is 1. The minimum absolute atomic E-state index is 0.424. The summed E-state index contributed by atoms with van der Waals surface area (Å²) in [6.07, 6.45) is 4.77. The second-order valence-electron chi connectivity index (χ2n) is 5.66. The predicted octanol–water partition coefficient (Wildman–Crippen LogP) is 2.58. The fourth-order valence-electron chi connectivity index (χ4n) is 2.74. The molecule has 1 aliphatic carbocycles. The maximum atomic E-state index is 5.95. The van der Waals surface area contributed by atoms with Gasteiger partial charge in [-0.2, -0.15) is 0 Å². The lowest BCUT2D eigenvalue weighted by atomic mass is 9.91. The number of likely N-dealkylation sites (N-methyl/N-ethyl adjacent to an activating group) is 1. The first-order valence-electron chi connectivity index (χ1n) is 7.31. The lowest BCUT2D eigenvalue weighted by molar-refractivity contribution is 0.154. The van der Waals surface area contributed by atoms with E-state index in [9.17, 15) is 0 Å². The molecule has 3 nitrogen and oxygen atoms in total. The Morgan fingerprint density at radius 3 is 2.58 bits per heavy atom. The maximum absolute atomic E-state index is 5.95. The third-order valence-corrected chi connectivity index (χ3v) is 4.16. The van der Waals surface area contributed by atoms with E-state index in [-0.39, 0.29) is 0 Å². The summed E-state index contributed by atoms with van der Waals surface area (Å²) in [5.74, 6) is 1.00. The molecule has 0 radical (unpaired) electrons. The van der Waals surface area contributed by atoms with Gasteiger partial charge in [-0.15, -0.1) is 0 Å². The summed E-state index contributed by atoms with van der Waals surface area (Å²) in [7, 11) is 2.20. The van der Waals surface area contributed by atoms with Gasteiger partial charge < -0.3 is 15.4 Å². The molecule has 2 rings (SSSR count). The predicted molar refractivity (Wildman–Crippen MR) is 79.5 cm³/mol. The van der Waals surface area contributed by atoms with Gasteiger partial charge in [-0.05, 0) is 51.3 Å². The van der Waals surface area contributed by atoms with Crippen LogP contribution < -0.4 is 10.5 Å². The van der Waals surface area contributed by atoms with Gasteiger partial charge in [0.05, 0.1) is 0 Å². The topological polar surface area (TPSA) is 38.5 Å². The summed E-state index contributed by atoms with van der Waals surface area (Å²) in [5.41, 5.74) is 7.15. The fraction of sp³-hybridized carbons (Fsp3) is 0.625. The van der Waals surface area contributed by atoms with Crippen LogP contribution in [0, 0.1) is 6.92 Å². The van der Waals surface area contributed by atoms with Crippen LogP contribution in [-0.4, -0.2) is 37.2 Å². The minimum Gasteiger partial charge on any atom is -0.492 e. The van der Waals surface area contributed by atoms with Crippen molar-refractivity contribution in [3.8, 4) is 5.75 Å². The van der Waals surface area contributed by atoms with Gasteiger partial charge in [0.25, 0.3) is 0 Å². The van der Waals surface area contributed by atoms with Gasteiger partial charge in [0.15, 0.2) is 0 Å². The van der Waals surface area contributed by atoms with E-state index < -0.39 is 0 Å². The Hall–Kier alpha value is -1.06. The quantitative estimate of drug-likeness (QED) is 0.886. The standard InChI is InChI=1S/C16H26N2O/c1-13-5-3-4-6-16(13)19-12-11-18(2)15-9-7-14(17)8-10-15/h3-6,14-15H,7-12,17H2,1-2H3. The van der Waals surface area contributed by atoms with E-state index in [0.29, 0.717) is 12.1 Å². The van der Waals surface area contributed by atoms with Gasteiger partial charge in [0.1, 0.15) is 12.4 Å². The summed E-state index contributed by atoms with van der Waals surface area (Å²) < 4.78 is 5.85. The lowest BCUT2D eigenvalue weighted by Crippen LogP contribution is -2.40. The Kier molecular flexibility index (Phi) is 5.23. The van der Waals surface area contributed by atoms with Crippen LogP contribution in [0.5, 0.6) is 5.75 Å². The Labute approximate surface area is 116 Å². The van der Waals surface area contributed by atoms with E-state index in [1.807, 2.05) is 18.2 Å². The van der Waals surface area contributed by atoms with Crippen molar-refractivity contribution in [2.45, 2.75) is 44.7 Å². The summed E-state index contributed by atoms with van der Waals surface area (Å²) in [5, 5.41) is 0. The first kappa shape index (κ1) is 14.4. The fourth-order valence-corrected chi connectivity index (χ4v) is 2.74. The zero-order valence-corrected chi connectivity index (χ0v) is 12.1. The van der Waals surface area contributed by atoms with E-state index in [0.717, 1.165) is 31.7 Å². The number of rotatable bonds is 5. The number of nitrogens with zero attached hydrogens (tertiary/aromatic N) is 1. The van der Waals surface area contributed by atoms with Crippen molar-refractivity contribution in [3.05, 3.63) is 29.8 Å². The third kappa shape index (κ3) is 4.22. The van der Waals surface area contributed by atoms with Crippen LogP contribution in [0.25, 0.3) is 0 Å². The van der Waals surface area contributed by atoms with Crippen LogP contribution in [0.2, 0.25) is 0 Å². The zero-order valence-electron chi connectivity index (χ0n) is 12.1. The van der Waals surface area contributed by atoms with Crippen molar-refractivity contribution in [2.75, 3.05) is 20.2 Å². The molecular formula is C16H26N2O. The Morgan fingerprint density at radius 1 is 1.21 bits per heavy atom. The number of hydrogen-bond acceptors (Lipinski definition) is 3. The summed E-state index contributed by atoms with van der Waals surface area (Å²) in [6.45, 7) is 3.82. The highest BCUT2D eigenvalue weighted by Gasteiger charge is 2.21. The summed E-state index contributed by atoms with van der Waals surface area (Å²) in [6, 6.07) is 9.29. The Bertz CT molecular complexity index is 386. The van der Waals surface area contributed by atoms with Crippen LogP contribution in [0.4, 0.5) is 0 Å². The molecule has 106 valence electrons. The average molecular weight is 262 g/mol. The van der Waals surface area contributed by atoms with E-state index >= 15 is 0 Å². The second kappa shape index (κ2) is 6.92. The number of benzene rings is 1. The van der Waals surface area contributed by atoms with Gasteiger partial charge >= 0.3 is 0 Å². The van der Waals surface area contributed by atoms with E-state index in [4.69, 9.17) is 10.5 Å². The van der Waals surface area contributed by atoms with Crippen molar-refractivity contribution in [1.82, 2.24) is 4.90 Å². The number of para-hydroxylation sites is 1. The van der Waals surface area contributed by atoms with Crippen LogP contribution in [0.3, 0.4) is 0 Å². The molecular weight excluding hydrogens is 236 g/mol. The molecule has 0 aromatic heterocycles.